The van der Waals surface area contributed by atoms with Gasteiger partial charge in [0.2, 0.25) is 0 Å². The Balaban J connectivity index is 1.98. The van der Waals surface area contributed by atoms with Crippen LogP contribution < -0.4 is 20.1 Å². The van der Waals surface area contributed by atoms with Crippen molar-refractivity contribution >= 4 is 5.96 Å². The number of methoxy groups -OCH3 is 2. The molecule has 0 saturated carbocycles. The Morgan fingerprint density at radius 1 is 0.893 bits per heavy atom. The number of aliphatic imine (C=N–C) groups is 1. The first-order valence-electron chi connectivity index (χ1n) is 9.51. The molecule has 0 amide bonds. The highest BCUT2D eigenvalue weighted by molar-refractivity contribution is 5.79. The minimum absolute atomic E-state index is 0.553. The van der Waals surface area contributed by atoms with Crippen LogP contribution in [-0.4, -0.2) is 45.7 Å². The van der Waals surface area contributed by atoms with E-state index in [4.69, 9.17) is 9.47 Å². The Kier molecular flexibility index (Phi) is 8.62. The molecule has 0 saturated heterocycles. The van der Waals surface area contributed by atoms with Gasteiger partial charge in [-0.3, -0.25) is 0 Å². The minimum atomic E-state index is 0.553. The van der Waals surface area contributed by atoms with Crippen molar-refractivity contribution in [3.8, 4) is 11.5 Å². The zero-order valence-corrected chi connectivity index (χ0v) is 17.6. The fourth-order valence-electron chi connectivity index (χ4n) is 2.80. The fourth-order valence-corrected chi connectivity index (χ4v) is 2.80. The predicted molar refractivity (Wildman–Crippen MR) is 115 cm³/mol. The molecular weight excluding hydrogens is 352 g/mol. The normalized spacial score (nSPS) is 11.4. The number of ether oxygens (including phenoxy) is 2. The van der Waals surface area contributed by atoms with Crippen molar-refractivity contribution < 1.29 is 9.47 Å². The average molecular weight is 385 g/mol. The summed E-state index contributed by atoms with van der Waals surface area (Å²) >= 11 is 0. The summed E-state index contributed by atoms with van der Waals surface area (Å²) in [4.78, 5) is 6.84. The van der Waals surface area contributed by atoms with E-state index in [1.807, 2.05) is 18.2 Å². The summed E-state index contributed by atoms with van der Waals surface area (Å²) in [5.41, 5.74) is 3.59. The summed E-state index contributed by atoms with van der Waals surface area (Å²) < 4.78 is 10.6. The molecule has 0 aliphatic carbocycles. The van der Waals surface area contributed by atoms with E-state index in [0.29, 0.717) is 12.3 Å². The number of hydrogen-bond acceptors (Lipinski definition) is 4. The van der Waals surface area contributed by atoms with Crippen molar-refractivity contribution in [2.45, 2.75) is 26.6 Å². The molecule has 152 valence electrons. The molecule has 0 aliphatic rings. The second-order valence-electron chi connectivity index (χ2n) is 6.79. The topological polar surface area (TPSA) is 58.1 Å². The molecule has 6 heteroatoms. The van der Waals surface area contributed by atoms with Crippen LogP contribution in [0.15, 0.2) is 47.5 Å². The van der Waals surface area contributed by atoms with E-state index in [1.54, 1.807) is 14.2 Å². The summed E-state index contributed by atoms with van der Waals surface area (Å²) in [6.45, 7) is 5.09. The van der Waals surface area contributed by atoms with Gasteiger partial charge in [0, 0.05) is 19.6 Å². The number of nitrogens with one attached hydrogen (secondary N) is 2. The third-order valence-corrected chi connectivity index (χ3v) is 4.19. The van der Waals surface area contributed by atoms with E-state index in [2.05, 4.69) is 65.8 Å². The van der Waals surface area contributed by atoms with Crippen LogP contribution in [0.5, 0.6) is 11.5 Å². The Bertz CT molecular complexity index is 758. The Morgan fingerprint density at radius 3 is 2.14 bits per heavy atom. The van der Waals surface area contributed by atoms with Crippen LogP contribution >= 0.6 is 0 Å². The molecule has 0 spiro atoms. The van der Waals surface area contributed by atoms with Crippen LogP contribution in [0.2, 0.25) is 0 Å². The van der Waals surface area contributed by atoms with Crippen molar-refractivity contribution in [2.24, 2.45) is 4.99 Å². The van der Waals surface area contributed by atoms with Gasteiger partial charge >= 0.3 is 0 Å². The zero-order chi connectivity index (χ0) is 20.4. The smallest absolute Gasteiger partial charge is 0.191 e. The van der Waals surface area contributed by atoms with Crippen molar-refractivity contribution in [2.75, 3.05) is 34.9 Å². The lowest BCUT2D eigenvalue weighted by Gasteiger charge is -2.13. The molecule has 0 unspecified atom stereocenters. The molecule has 0 heterocycles. The highest BCUT2D eigenvalue weighted by atomic mass is 16.5. The third-order valence-electron chi connectivity index (χ3n) is 4.19. The van der Waals surface area contributed by atoms with Gasteiger partial charge in [0.15, 0.2) is 17.5 Å². The van der Waals surface area contributed by atoms with Gasteiger partial charge in [-0.15, -0.1) is 0 Å². The van der Waals surface area contributed by atoms with Crippen LogP contribution in [0.3, 0.4) is 0 Å². The van der Waals surface area contributed by atoms with Gasteiger partial charge in [-0.1, -0.05) is 30.3 Å². The summed E-state index contributed by atoms with van der Waals surface area (Å²) in [6, 6.07) is 14.5. The van der Waals surface area contributed by atoms with E-state index in [9.17, 15) is 0 Å². The van der Waals surface area contributed by atoms with Gasteiger partial charge in [0.05, 0.1) is 20.8 Å². The van der Waals surface area contributed by atoms with Gasteiger partial charge in [0.1, 0.15) is 0 Å². The van der Waals surface area contributed by atoms with Crippen LogP contribution in [0.1, 0.15) is 23.6 Å². The monoisotopic (exact) mass is 384 g/mol. The lowest BCUT2D eigenvalue weighted by Crippen LogP contribution is -2.36. The van der Waals surface area contributed by atoms with E-state index in [1.165, 1.54) is 11.1 Å². The van der Waals surface area contributed by atoms with Crippen molar-refractivity contribution in [3.05, 3.63) is 59.2 Å². The molecule has 0 radical (unpaired) electrons. The first-order valence-corrected chi connectivity index (χ1v) is 9.51. The highest BCUT2D eigenvalue weighted by Crippen LogP contribution is 2.27. The second-order valence-corrected chi connectivity index (χ2v) is 6.79. The summed E-state index contributed by atoms with van der Waals surface area (Å²) in [5, 5.41) is 6.68. The number of rotatable bonds is 9. The third kappa shape index (κ3) is 6.78. The first-order chi connectivity index (χ1) is 13.5. The van der Waals surface area contributed by atoms with Gasteiger partial charge in [-0.25, -0.2) is 4.99 Å². The number of benzene rings is 2. The number of hydrogen-bond donors (Lipinski definition) is 2. The second kappa shape index (κ2) is 11.2. The average Bonchev–Trinajstić information content (AvgIpc) is 2.70. The van der Waals surface area contributed by atoms with Crippen LogP contribution in [0.25, 0.3) is 0 Å². The molecule has 6 nitrogen and oxygen atoms in total. The van der Waals surface area contributed by atoms with E-state index in [-0.39, 0.29) is 0 Å². The van der Waals surface area contributed by atoms with Gasteiger partial charge in [-0.05, 0) is 49.8 Å². The van der Waals surface area contributed by atoms with Crippen LogP contribution in [0, 0.1) is 0 Å². The van der Waals surface area contributed by atoms with Crippen molar-refractivity contribution in [1.82, 2.24) is 15.5 Å². The maximum absolute atomic E-state index is 5.36. The first kappa shape index (κ1) is 21.6. The van der Waals surface area contributed by atoms with E-state index in [0.717, 1.165) is 36.9 Å². The van der Waals surface area contributed by atoms with Crippen molar-refractivity contribution in [1.29, 1.82) is 0 Å². The molecule has 0 bridgehead atoms. The molecule has 0 aliphatic heterocycles. The van der Waals surface area contributed by atoms with E-state index >= 15 is 0 Å². The van der Waals surface area contributed by atoms with Gasteiger partial charge in [-0.2, -0.15) is 0 Å². The number of nitrogens with zero attached hydrogens (tertiary/aromatic N) is 2. The summed E-state index contributed by atoms with van der Waals surface area (Å²) in [5.74, 6) is 2.22. The van der Waals surface area contributed by atoms with Gasteiger partial charge in [0.25, 0.3) is 0 Å². The molecule has 0 atom stereocenters. The quantitative estimate of drug-likeness (QED) is 0.514. The maximum atomic E-state index is 5.36. The zero-order valence-electron chi connectivity index (χ0n) is 17.6. The fraction of sp³-hybridized carbons (Fsp3) is 0.409. The minimum Gasteiger partial charge on any atom is -0.493 e. The molecule has 0 aromatic heterocycles. The van der Waals surface area contributed by atoms with Crippen molar-refractivity contribution in [3.63, 3.8) is 0 Å². The molecule has 2 rings (SSSR count). The highest BCUT2D eigenvalue weighted by Gasteiger charge is 2.05. The number of guanidine groups is 1. The largest absolute Gasteiger partial charge is 0.493 e. The molecular formula is C22H32N4O2. The molecule has 2 aromatic carbocycles. The molecule has 0 fully saturated rings. The predicted octanol–water partition coefficient (Wildman–Crippen LogP) is 3.02. The lowest BCUT2D eigenvalue weighted by molar-refractivity contribution is 0.354. The lowest BCUT2D eigenvalue weighted by atomic mass is 10.1. The molecule has 28 heavy (non-hydrogen) atoms. The van der Waals surface area contributed by atoms with Crippen LogP contribution in [-0.2, 0) is 19.6 Å². The van der Waals surface area contributed by atoms with E-state index < -0.39 is 0 Å². The SMILES string of the molecule is CCNC(=NCc1ccc(OC)c(OC)c1)NCc1ccc(CN(C)C)cc1. The maximum Gasteiger partial charge on any atom is 0.191 e. The Labute approximate surface area is 168 Å². The van der Waals surface area contributed by atoms with Crippen LogP contribution in [0.4, 0.5) is 0 Å². The summed E-state index contributed by atoms with van der Waals surface area (Å²) in [6.07, 6.45) is 0. The molecule has 2 N–H and O–H groups in total. The Morgan fingerprint density at radius 2 is 1.54 bits per heavy atom. The molecule has 2 aromatic rings. The van der Waals surface area contributed by atoms with Gasteiger partial charge < -0.3 is 25.0 Å². The summed E-state index contributed by atoms with van der Waals surface area (Å²) in [7, 11) is 7.43. The standard InChI is InChI=1S/C22H32N4O2/c1-6-23-22(24-14-17-7-9-18(10-8-17)16-26(2)3)25-15-19-11-12-20(27-4)21(13-19)28-5/h7-13H,6,14-16H2,1-5H3,(H2,23,24,25). The Hall–Kier alpha value is -2.73.